The van der Waals surface area contributed by atoms with Gasteiger partial charge in [0.25, 0.3) is 0 Å². The van der Waals surface area contributed by atoms with E-state index in [1.54, 1.807) is 0 Å². The van der Waals surface area contributed by atoms with Crippen LogP contribution in [0.15, 0.2) is 12.4 Å². The molecule has 0 atom stereocenters. The number of hydrazine groups is 1. The van der Waals surface area contributed by atoms with Gasteiger partial charge in [-0.15, -0.1) is 0 Å². The number of nitrogens with one attached hydrogen (secondary N) is 2. The Bertz CT molecular complexity index is 231. The number of hydrogen-bond donors (Lipinski definition) is 2. The molecule has 0 aromatic rings. The lowest BCUT2D eigenvalue weighted by Crippen LogP contribution is -2.48. The van der Waals surface area contributed by atoms with Crippen molar-refractivity contribution in [3.05, 3.63) is 12.4 Å². The maximum atomic E-state index is 4.03. The number of nitrogens with zero attached hydrogens (tertiary/aromatic N) is 1. The van der Waals surface area contributed by atoms with Crippen molar-refractivity contribution >= 4 is 0 Å². The van der Waals surface area contributed by atoms with E-state index in [0.717, 1.165) is 12.4 Å². The summed E-state index contributed by atoms with van der Waals surface area (Å²) in [5, 5.41) is 0. The van der Waals surface area contributed by atoms with Crippen LogP contribution >= 0.6 is 0 Å². The first kappa shape index (κ1) is 10.8. The van der Waals surface area contributed by atoms with Crippen LogP contribution in [0.2, 0.25) is 0 Å². The van der Waals surface area contributed by atoms with Crippen LogP contribution in [0, 0.1) is 5.41 Å². The maximum absolute atomic E-state index is 4.03. The molecule has 0 aromatic heterocycles. The van der Waals surface area contributed by atoms with E-state index in [9.17, 15) is 0 Å². The van der Waals surface area contributed by atoms with E-state index in [1.165, 1.54) is 45.1 Å². The summed E-state index contributed by atoms with van der Waals surface area (Å²) >= 11 is 0. The highest BCUT2D eigenvalue weighted by Gasteiger charge is 2.33. The van der Waals surface area contributed by atoms with Crippen molar-refractivity contribution in [1.82, 2.24) is 15.8 Å². The van der Waals surface area contributed by atoms with Crippen molar-refractivity contribution in [2.75, 3.05) is 20.1 Å². The maximum Gasteiger partial charge on any atom is 0.108 e. The van der Waals surface area contributed by atoms with E-state index in [-0.39, 0.29) is 0 Å². The molecule has 2 fully saturated rings. The molecule has 0 aromatic carbocycles. The Morgan fingerprint density at radius 1 is 1.20 bits per heavy atom. The van der Waals surface area contributed by atoms with Crippen molar-refractivity contribution in [2.24, 2.45) is 5.41 Å². The molecule has 2 aliphatic rings. The second-order valence-electron chi connectivity index (χ2n) is 5.17. The zero-order chi connectivity index (χ0) is 10.7. The molecule has 1 aliphatic carbocycles. The quantitative estimate of drug-likeness (QED) is 0.637. The van der Waals surface area contributed by atoms with E-state index >= 15 is 0 Å². The van der Waals surface area contributed by atoms with E-state index in [2.05, 4.69) is 29.4 Å². The zero-order valence-electron chi connectivity index (χ0n) is 9.81. The molecular weight excluding hydrogens is 186 g/mol. The fourth-order valence-electron chi connectivity index (χ4n) is 2.98. The SMILES string of the molecule is C=C1NNCCC2(CCCCC2)CN1C. The van der Waals surface area contributed by atoms with Gasteiger partial charge in [0, 0.05) is 20.1 Å². The Morgan fingerprint density at radius 3 is 2.67 bits per heavy atom. The predicted molar refractivity (Wildman–Crippen MR) is 63.0 cm³/mol. The summed E-state index contributed by atoms with van der Waals surface area (Å²) in [6, 6.07) is 0. The smallest absolute Gasteiger partial charge is 0.108 e. The average molecular weight is 209 g/mol. The molecule has 1 saturated heterocycles. The Labute approximate surface area is 92.9 Å². The molecule has 0 amide bonds. The molecule has 0 unspecified atom stereocenters. The van der Waals surface area contributed by atoms with Crippen LogP contribution in [0.5, 0.6) is 0 Å². The normalized spacial score (nSPS) is 27.0. The highest BCUT2D eigenvalue weighted by Crippen LogP contribution is 2.40. The second kappa shape index (κ2) is 4.44. The monoisotopic (exact) mass is 209 g/mol. The number of hydrogen-bond acceptors (Lipinski definition) is 3. The van der Waals surface area contributed by atoms with Gasteiger partial charge in [0.2, 0.25) is 0 Å². The molecule has 1 saturated carbocycles. The van der Waals surface area contributed by atoms with Crippen molar-refractivity contribution in [3.8, 4) is 0 Å². The summed E-state index contributed by atoms with van der Waals surface area (Å²) in [5.41, 5.74) is 6.93. The minimum Gasteiger partial charge on any atom is -0.360 e. The molecule has 1 spiro atoms. The van der Waals surface area contributed by atoms with Crippen LogP contribution < -0.4 is 10.9 Å². The predicted octanol–water partition coefficient (Wildman–Crippen LogP) is 1.84. The molecule has 2 N–H and O–H groups in total. The first-order valence-electron chi connectivity index (χ1n) is 6.11. The first-order chi connectivity index (χ1) is 7.22. The summed E-state index contributed by atoms with van der Waals surface area (Å²) in [6.45, 7) is 6.26. The van der Waals surface area contributed by atoms with E-state index in [0.29, 0.717) is 5.41 Å². The zero-order valence-corrected chi connectivity index (χ0v) is 9.81. The summed E-state index contributed by atoms with van der Waals surface area (Å²) in [7, 11) is 2.14. The number of rotatable bonds is 0. The first-order valence-corrected chi connectivity index (χ1v) is 6.11. The molecule has 3 heteroatoms. The van der Waals surface area contributed by atoms with Crippen LogP contribution in [0.1, 0.15) is 38.5 Å². The summed E-state index contributed by atoms with van der Waals surface area (Å²) < 4.78 is 0. The van der Waals surface area contributed by atoms with Gasteiger partial charge < -0.3 is 10.3 Å². The topological polar surface area (TPSA) is 27.3 Å². The molecule has 0 bridgehead atoms. The lowest BCUT2D eigenvalue weighted by Gasteiger charge is -2.43. The highest BCUT2D eigenvalue weighted by molar-refractivity contribution is 4.95. The van der Waals surface area contributed by atoms with Crippen LogP contribution in [0.3, 0.4) is 0 Å². The molecule has 15 heavy (non-hydrogen) atoms. The van der Waals surface area contributed by atoms with Crippen molar-refractivity contribution in [3.63, 3.8) is 0 Å². The lowest BCUT2D eigenvalue weighted by atomic mass is 9.71. The molecular formula is C12H23N3. The molecule has 1 aliphatic heterocycles. The summed E-state index contributed by atoms with van der Waals surface area (Å²) in [4.78, 5) is 2.26. The van der Waals surface area contributed by atoms with Gasteiger partial charge >= 0.3 is 0 Å². The van der Waals surface area contributed by atoms with Gasteiger partial charge in [-0.05, 0) is 24.7 Å². The van der Waals surface area contributed by atoms with Gasteiger partial charge in [-0.2, -0.15) is 0 Å². The summed E-state index contributed by atoms with van der Waals surface area (Å²) in [6.07, 6.45) is 8.33. The minimum atomic E-state index is 0.547. The molecule has 86 valence electrons. The highest BCUT2D eigenvalue weighted by atomic mass is 15.4. The third-order valence-electron chi connectivity index (χ3n) is 3.96. The fourth-order valence-corrected chi connectivity index (χ4v) is 2.98. The van der Waals surface area contributed by atoms with Gasteiger partial charge in [0.1, 0.15) is 5.82 Å². The Morgan fingerprint density at radius 2 is 1.93 bits per heavy atom. The van der Waals surface area contributed by atoms with Crippen LogP contribution in [-0.2, 0) is 0 Å². The van der Waals surface area contributed by atoms with Crippen molar-refractivity contribution in [1.29, 1.82) is 0 Å². The van der Waals surface area contributed by atoms with Crippen molar-refractivity contribution in [2.45, 2.75) is 38.5 Å². The van der Waals surface area contributed by atoms with Gasteiger partial charge in [-0.3, -0.25) is 0 Å². The van der Waals surface area contributed by atoms with Crippen LogP contribution in [0.4, 0.5) is 0 Å². The third-order valence-corrected chi connectivity index (χ3v) is 3.96. The minimum absolute atomic E-state index is 0.547. The largest absolute Gasteiger partial charge is 0.360 e. The van der Waals surface area contributed by atoms with Crippen LogP contribution in [0.25, 0.3) is 0 Å². The Balaban J connectivity index is 2.05. The average Bonchev–Trinajstić information content (AvgIpc) is 2.24. The molecule has 0 radical (unpaired) electrons. The van der Waals surface area contributed by atoms with Gasteiger partial charge in [-0.25, -0.2) is 5.43 Å². The third kappa shape index (κ3) is 2.46. The standard InChI is InChI=1S/C12H23N3/c1-11-14-13-9-8-12(10-15(11)2)6-4-3-5-7-12/h13-14H,1,3-10H2,2H3. The molecule has 1 heterocycles. The lowest BCUT2D eigenvalue weighted by molar-refractivity contribution is 0.107. The Hall–Kier alpha value is -0.700. The van der Waals surface area contributed by atoms with Gasteiger partial charge in [0.05, 0.1) is 0 Å². The van der Waals surface area contributed by atoms with E-state index in [1.807, 2.05) is 0 Å². The second-order valence-corrected chi connectivity index (χ2v) is 5.17. The Kier molecular flexibility index (Phi) is 3.19. The molecule has 3 nitrogen and oxygen atoms in total. The van der Waals surface area contributed by atoms with E-state index in [4.69, 9.17) is 0 Å². The fraction of sp³-hybridized carbons (Fsp3) is 0.833. The van der Waals surface area contributed by atoms with Gasteiger partial charge in [0.15, 0.2) is 0 Å². The summed E-state index contributed by atoms with van der Waals surface area (Å²) in [5.74, 6) is 1.000. The van der Waals surface area contributed by atoms with E-state index < -0.39 is 0 Å². The van der Waals surface area contributed by atoms with Crippen LogP contribution in [-0.4, -0.2) is 25.0 Å². The van der Waals surface area contributed by atoms with Crippen molar-refractivity contribution < 1.29 is 0 Å². The van der Waals surface area contributed by atoms with Gasteiger partial charge in [-0.1, -0.05) is 25.8 Å². The molecule has 2 rings (SSSR count).